The third-order valence-corrected chi connectivity index (χ3v) is 5.13. The predicted octanol–water partition coefficient (Wildman–Crippen LogP) is 5.41. The fraction of sp³-hybridized carbons (Fsp3) is 0.200. The molecule has 6 heteroatoms. The summed E-state index contributed by atoms with van der Waals surface area (Å²) in [7, 11) is 0. The molecule has 0 bridgehead atoms. The molecular formula is C20H19ClN2O2S. The lowest BCUT2D eigenvalue weighted by molar-refractivity contribution is -0.118. The Morgan fingerprint density at radius 2 is 1.88 bits per heavy atom. The lowest BCUT2D eigenvalue weighted by Crippen LogP contribution is -2.20. The van der Waals surface area contributed by atoms with Crippen molar-refractivity contribution in [1.29, 1.82) is 0 Å². The summed E-state index contributed by atoms with van der Waals surface area (Å²) in [4.78, 5) is 16.6. The van der Waals surface area contributed by atoms with Gasteiger partial charge in [0, 0.05) is 10.9 Å². The van der Waals surface area contributed by atoms with Gasteiger partial charge in [-0.2, -0.15) is 0 Å². The fourth-order valence-corrected chi connectivity index (χ4v) is 3.47. The number of halogens is 1. The second kappa shape index (κ2) is 7.89. The summed E-state index contributed by atoms with van der Waals surface area (Å²) in [6.45, 7) is 6.12. The maximum atomic E-state index is 12.1. The molecule has 0 unspecified atom stereocenters. The van der Waals surface area contributed by atoms with E-state index in [1.54, 1.807) is 24.3 Å². The van der Waals surface area contributed by atoms with Gasteiger partial charge in [-0.25, -0.2) is 4.98 Å². The van der Waals surface area contributed by atoms with Crippen molar-refractivity contribution in [3.8, 4) is 17.0 Å². The van der Waals surface area contributed by atoms with Crippen molar-refractivity contribution >= 4 is 34.0 Å². The highest BCUT2D eigenvalue weighted by Gasteiger charge is 2.12. The third-order valence-electron chi connectivity index (χ3n) is 4.06. The summed E-state index contributed by atoms with van der Waals surface area (Å²) in [6.07, 6.45) is 0. The number of hydrogen-bond acceptors (Lipinski definition) is 4. The van der Waals surface area contributed by atoms with E-state index < -0.39 is 0 Å². The quantitative estimate of drug-likeness (QED) is 0.638. The minimum Gasteiger partial charge on any atom is -0.482 e. The second-order valence-corrected chi connectivity index (χ2v) is 7.32. The van der Waals surface area contributed by atoms with Crippen LogP contribution in [0.2, 0.25) is 5.02 Å². The molecule has 0 radical (unpaired) electrons. The minimum absolute atomic E-state index is 0.124. The number of carbonyl (C=O) groups excluding carboxylic acids is 1. The van der Waals surface area contributed by atoms with E-state index in [9.17, 15) is 4.79 Å². The Hall–Kier alpha value is -2.37. The van der Waals surface area contributed by atoms with Crippen molar-refractivity contribution in [2.75, 3.05) is 11.9 Å². The molecule has 134 valence electrons. The van der Waals surface area contributed by atoms with Crippen molar-refractivity contribution in [3.05, 3.63) is 63.5 Å². The van der Waals surface area contributed by atoms with E-state index in [2.05, 4.69) is 43.2 Å². The molecule has 0 spiro atoms. The Kier molecular flexibility index (Phi) is 5.59. The molecule has 2 aromatic carbocycles. The molecule has 0 saturated heterocycles. The number of rotatable bonds is 5. The van der Waals surface area contributed by atoms with Gasteiger partial charge in [-0.3, -0.25) is 10.1 Å². The largest absolute Gasteiger partial charge is 0.482 e. The van der Waals surface area contributed by atoms with Crippen LogP contribution in [0.15, 0.2) is 41.8 Å². The first-order valence-corrected chi connectivity index (χ1v) is 9.40. The number of aryl methyl sites for hydroxylation is 3. The highest BCUT2D eigenvalue weighted by atomic mass is 35.5. The van der Waals surface area contributed by atoms with Gasteiger partial charge in [0.05, 0.1) is 10.7 Å². The molecule has 0 atom stereocenters. The smallest absolute Gasteiger partial charge is 0.264 e. The number of benzene rings is 2. The van der Waals surface area contributed by atoms with Crippen LogP contribution >= 0.6 is 22.9 Å². The van der Waals surface area contributed by atoms with E-state index >= 15 is 0 Å². The maximum absolute atomic E-state index is 12.1. The first-order valence-electron chi connectivity index (χ1n) is 8.15. The topological polar surface area (TPSA) is 51.2 Å². The van der Waals surface area contributed by atoms with Crippen molar-refractivity contribution < 1.29 is 9.53 Å². The number of para-hydroxylation sites is 1. The summed E-state index contributed by atoms with van der Waals surface area (Å²) in [5.74, 6) is 0.206. The molecule has 0 saturated carbocycles. The average Bonchev–Trinajstić information content (AvgIpc) is 3.05. The Labute approximate surface area is 161 Å². The molecule has 26 heavy (non-hydrogen) atoms. The van der Waals surface area contributed by atoms with E-state index in [4.69, 9.17) is 16.3 Å². The number of hydrogen-bond donors (Lipinski definition) is 1. The molecule has 0 aliphatic heterocycles. The molecule has 0 fully saturated rings. The second-order valence-electron chi connectivity index (χ2n) is 6.06. The van der Waals surface area contributed by atoms with E-state index in [1.807, 2.05) is 5.38 Å². The van der Waals surface area contributed by atoms with Gasteiger partial charge in [0.2, 0.25) is 0 Å². The summed E-state index contributed by atoms with van der Waals surface area (Å²) >= 11 is 7.40. The standard InChI is InChI=1S/C20H19ClN2O2S/c1-12-8-14(3)15(9-13(12)2)17-11-26-20(22-17)23-19(24)10-25-18-7-5-4-6-16(18)21/h4-9,11H,10H2,1-3H3,(H,22,23,24). The molecule has 0 aliphatic rings. The Bertz CT molecular complexity index is 953. The van der Waals surface area contributed by atoms with Gasteiger partial charge < -0.3 is 4.74 Å². The number of anilines is 1. The van der Waals surface area contributed by atoms with Crippen molar-refractivity contribution in [2.45, 2.75) is 20.8 Å². The van der Waals surface area contributed by atoms with E-state index in [1.165, 1.54) is 28.0 Å². The van der Waals surface area contributed by atoms with Gasteiger partial charge >= 0.3 is 0 Å². The number of carbonyl (C=O) groups is 1. The van der Waals surface area contributed by atoms with Crippen LogP contribution in [-0.2, 0) is 4.79 Å². The van der Waals surface area contributed by atoms with Crippen LogP contribution in [0.1, 0.15) is 16.7 Å². The van der Waals surface area contributed by atoms with Crippen LogP contribution < -0.4 is 10.1 Å². The first-order chi connectivity index (χ1) is 12.4. The van der Waals surface area contributed by atoms with E-state index in [-0.39, 0.29) is 12.5 Å². The molecular weight excluding hydrogens is 368 g/mol. The number of nitrogens with one attached hydrogen (secondary N) is 1. The van der Waals surface area contributed by atoms with Gasteiger partial charge in [0.15, 0.2) is 11.7 Å². The van der Waals surface area contributed by atoms with Gasteiger partial charge in [0.25, 0.3) is 5.91 Å². The average molecular weight is 387 g/mol. The van der Waals surface area contributed by atoms with E-state index in [0.29, 0.717) is 15.9 Å². The predicted molar refractivity (Wildman–Crippen MR) is 107 cm³/mol. The number of amides is 1. The van der Waals surface area contributed by atoms with Crippen molar-refractivity contribution in [1.82, 2.24) is 4.98 Å². The molecule has 1 N–H and O–H groups in total. The molecule has 4 nitrogen and oxygen atoms in total. The van der Waals surface area contributed by atoms with Crippen LogP contribution in [0, 0.1) is 20.8 Å². The highest BCUT2D eigenvalue weighted by Crippen LogP contribution is 2.29. The van der Waals surface area contributed by atoms with Crippen molar-refractivity contribution in [3.63, 3.8) is 0 Å². The zero-order chi connectivity index (χ0) is 18.7. The molecule has 3 rings (SSSR count). The fourth-order valence-electron chi connectivity index (χ4n) is 2.55. The summed E-state index contributed by atoms with van der Waals surface area (Å²) in [5.41, 5.74) is 5.58. The van der Waals surface area contributed by atoms with Crippen LogP contribution in [-0.4, -0.2) is 17.5 Å². The lowest BCUT2D eigenvalue weighted by Gasteiger charge is -2.08. The van der Waals surface area contributed by atoms with Crippen molar-refractivity contribution in [2.24, 2.45) is 0 Å². The summed E-state index contributed by atoms with van der Waals surface area (Å²) < 4.78 is 5.44. The Morgan fingerprint density at radius 1 is 1.15 bits per heavy atom. The van der Waals surface area contributed by atoms with Gasteiger partial charge in [-0.1, -0.05) is 29.8 Å². The molecule has 0 aliphatic carbocycles. The van der Waals surface area contributed by atoms with Crippen LogP contribution in [0.4, 0.5) is 5.13 Å². The summed E-state index contributed by atoms with van der Waals surface area (Å²) in [5, 5.41) is 5.73. The third kappa shape index (κ3) is 4.23. The molecule has 1 heterocycles. The first kappa shape index (κ1) is 18.4. The number of aromatic nitrogens is 1. The number of nitrogens with zero attached hydrogens (tertiary/aromatic N) is 1. The molecule has 1 aromatic heterocycles. The maximum Gasteiger partial charge on any atom is 0.264 e. The summed E-state index contributed by atoms with van der Waals surface area (Å²) in [6, 6.07) is 11.3. The zero-order valence-electron chi connectivity index (χ0n) is 14.8. The van der Waals surface area contributed by atoms with Crippen LogP contribution in [0.3, 0.4) is 0 Å². The number of ether oxygens (including phenoxy) is 1. The lowest BCUT2D eigenvalue weighted by atomic mass is 9.99. The van der Waals surface area contributed by atoms with Crippen LogP contribution in [0.5, 0.6) is 5.75 Å². The molecule has 3 aromatic rings. The molecule has 1 amide bonds. The minimum atomic E-state index is -0.275. The van der Waals surface area contributed by atoms with E-state index in [0.717, 1.165) is 11.3 Å². The Balaban J connectivity index is 1.66. The Morgan fingerprint density at radius 3 is 2.65 bits per heavy atom. The SMILES string of the molecule is Cc1cc(C)c(-c2csc(NC(=O)COc3ccccc3Cl)n2)cc1C. The number of thiazole rings is 1. The monoisotopic (exact) mass is 386 g/mol. The van der Waals surface area contributed by atoms with Gasteiger partial charge in [0.1, 0.15) is 5.75 Å². The zero-order valence-corrected chi connectivity index (χ0v) is 16.4. The van der Waals surface area contributed by atoms with Gasteiger partial charge in [-0.15, -0.1) is 11.3 Å². The highest BCUT2D eigenvalue weighted by molar-refractivity contribution is 7.14. The van der Waals surface area contributed by atoms with Crippen LogP contribution in [0.25, 0.3) is 11.3 Å². The normalized spacial score (nSPS) is 10.6. The van der Waals surface area contributed by atoms with Gasteiger partial charge in [-0.05, 0) is 55.7 Å².